The molecule has 1 unspecified atom stereocenters. The molecule has 166 valence electrons. The topological polar surface area (TPSA) is 88.0 Å². The van der Waals surface area contributed by atoms with E-state index in [1.807, 2.05) is 4.90 Å². The molecule has 0 aromatic heterocycles. The van der Waals surface area contributed by atoms with Gasteiger partial charge in [0.15, 0.2) is 0 Å². The van der Waals surface area contributed by atoms with Crippen molar-refractivity contribution >= 4 is 28.9 Å². The number of anilines is 1. The number of halogens is 2. The number of nitrogens with one attached hydrogen (secondary N) is 1. The smallest absolute Gasteiger partial charge is 0.293 e. The third-order valence-electron chi connectivity index (χ3n) is 5.20. The maximum atomic E-state index is 14.4. The summed E-state index contributed by atoms with van der Waals surface area (Å²) in [4.78, 5) is 27.4. The number of hydrogen-bond donors (Lipinski definition) is 1. The lowest BCUT2D eigenvalue weighted by Crippen LogP contribution is -2.37. The lowest BCUT2D eigenvalue weighted by atomic mass is 10.0. The lowest BCUT2D eigenvalue weighted by Gasteiger charge is -2.28. The van der Waals surface area contributed by atoms with E-state index >= 15 is 0 Å². The molecule has 0 radical (unpaired) electrons. The zero-order valence-electron chi connectivity index (χ0n) is 17.3. The van der Waals surface area contributed by atoms with Crippen LogP contribution in [-0.2, 0) is 4.74 Å². The highest BCUT2D eigenvalue weighted by Crippen LogP contribution is 2.31. The molecule has 0 bridgehead atoms. The van der Waals surface area contributed by atoms with Crippen molar-refractivity contribution in [1.29, 1.82) is 0 Å². The molecule has 1 aliphatic rings. The van der Waals surface area contributed by atoms with Gasteiger partial charge in [-0.25, -0.2) is 4.39 Å². The highest BCUT2D eigenvalue weighted by molar-refractivity contribution is 6.31. The molecule has 2 aromatic rings. The van der Waals surface area contributed by atoms with E-state index in [0.29, 0.717) is 32.0 Å². The second-order valence-corrected chi connectivity index (χ2v) is 7.79. The highest BCUT2D eigenvalue weighted by atomic mass is 35.5. The van der Waals surface area contributed by atoms with Gasteiger partial charge in [0.25, 0.3) is 11.6 Å². The van der Waals surface area contributed by atoms with Crippen LogP contribution >= 0.6 is 11.6 Å². The number of rotatable bonds is 7. The summed E-state index contributed by atoms with van der Waals surface area (Å²) >= 11 is 6.18. The van der Waals surface area contributed by atoms with Crippen LogP contribution in [0.1, 0.15) is 22.0 Å². The Labute approximate surface area is 184 Å². The Morgan fingerprint density at radius 1 is 1.32 bits per heavy atom. The molecule has 3 rings (SSSR count). The van der Waals surface area contributed by atoms with Crippen molar-refractivity contribution in [3.05, 3.63) is 68.5 Å². The molecule has 0 aliphatic carbocycles. The monoisotopic (exact) mass is 450 g/mol. The Balaban J connectivity index is 1.79. The molecule has 0 spiro atoms. The number of ether oxygens (including phenoxy) is 1. The van der Waals surface area contributed by atoms with Gasteiger partial charge < -0.3 is 19.9 Å². The molecular weight excluding hydrogens is 427 g/mol. The zero-order valence-corrected chi connectivity index (χ0v) is 18.1. The quantitative estimate of drug-likeness (QED) is 0.514. The number of likely N-dealkylation sites (N-methyl/N-ethyl adjacent to an activating group) is 1. The van der Waals surface area contributed by atoms with Gasteiger partial charge in [0.05, 0.1) is 24.2 Å². The first-order valence-corrected chi connectivity index (χ1v) is 10.2. The van der Waals surface area contributed by atoms with Crippen LogP contribution in [0.4, 0.5) is 15.8 Å². The van der Waals surface area contributed by atoms with Gasteiger partial charge in [0, 0.05) is 41.9 Å². The van der Waals surface area contributed by atoms with Crippen molar-refractivity contribution in [2.24, 2.45) is 0 Å². The molecule has 0 saturated carbocycles. The predicted molar refractivity (Wildman–Crippen MR) is 116 cm³/mol. The molecule has 1 aliphatic heterocycles. The fourth-order valence-electron chi connectivity index (χ4n) is 3.55. The number of nitro benzene ring substituents is 1. The Bertz CT molecular complexity index is 946. The van der Waals surface area contributed by atoms with Gasteiger partial charge in [-0.05, 0) is 38.4 Å². The third kappa shape index (κ3) is 5.30. The summed E-state index contributed by atoms with van der Waals surface area (Å²) in [6, 6.07) is 8.30. The summed E-state index contributed by atoms with van der Waals surface area (Å²) in [7, 11) is 3.50. The minimum Gasteiger partial charge on any atom is -0.378 e. The number of carbonyl (C=O) groups excluding carboxylic acids is 1. The number of nitro groups is 1. The molecule has 8 nitrogen and oxygen atoms in total. The second kappa shape index (κ2) is 10.0. The van der Waals surface area contributed by atoms with Crippen molar-refractivity contribution < 1.29 is 18.8 Å². The van der Waals surface area contributed by atoms with Gasteiger partial charge in [0.2, 0.25) is 0 Å². The minimum absolute atomic E-state index is 0.0749. The van der Waals surface area contributed by atoms with E-state index in [4.69, 9.17) is 16.3 Å². The van der Waals surface area contributed by atoms with E-state index in [1.165, 1.54) is 18.2 Å². The van der Waals surface area contributed by atoms with Crippen LogP contribution in [0.15, 0.2) is 36.4 Å². The summed E-state index contributed by atoms with van der Waals surface area (Å²) in [6.45, 7) is 2.14. The summed E-state index contributed by atoms with van der Waals surface area (Å²) < 4.78 is 19.7. The van der Waals surface area contributed by atoms with Gasteiger partial charge >= 0.3 is 0 Å². The van der Waals surface area contributed by atoms with Crippen molar-refractivity contribution in [3.8, 4) is 0 Å². The minimum atomic E-state index is -0.514. The van der Waals surface area contributed by atoms with E-state index in [2.05, 4.69) is 5.32 Å². The zero-order chi connectivity index (χ0) is 22.5. The number of benzene rings is 2. The molecular formula is C21H24ClFN4O4. The molecule has 1 amide bonds. The van der Waals surface area contributed by atoms with Crippen LogP contribution in [0.3, 0.4) is 0 Å². The maximum absolute atomic E-state index is 14.4. The van der Waals surface area contributed by atoms with Gasteiger partial charge in [-0.15, -0.1) is 0 Å². The molecule has 1 atom stereocenters. The number of amides is 1. The first-order chi connectivity index (χ1) is 14.8. The maximum Gasteiger partial charge on any atom is 0.293 e. The predicted octanol–water partition coefficient (Wildman–Crippen LogP) is 3.26. The van der Waals surface area contributed by atoms with Crippen molar-refractivity contribution in [2.75, 3.05) is 51.8 Å². The van der Waals surface area contributed by atoms with Crippen LogP contribution < -0.4 is 10.2 Å². The standard InChI is InChI=1S/C21H24ClFN4O4/c1-25(2)19(20-15(22)4-3-5-16(20)23)13-24-21(28)14-6-7-17(18(12-14)27(29)30)26-8-10-31-11-9-26/h3-7,12,19H,8-11,13H2,1-2H3,(H,24,28). The molecule has 31 heavy (non-hydrogen) atoms. The van der Waals surface area contributed by atoms with E-state index < -0.39 is 22.7 Å². The largest absolute Gasteiger partial charge is 0.378 e. The Morgan fingerprint density at radius 3 is 2.65 bits per heavy atom. The first kappa shape index (κ1) is 22.9. The third-order valence-corrected chi connectivity index (χ3v) is 5.53. The van der Waals surface area contributed by atoms with Gasteiger partial charge in [-0.3, -0.25) is 14.9 Å². The molecule has 1 N–H and O–H groups in total. The Hall–Kier alpha value is -2.75. The van der Waals surface area contributed by atoms with Crippen LogP contribution in [-0.4, -0.2) is 62.7 Å². The first-order valence-electron chi connectivity index (χ1n) is 9.79. The summed E-state index contributed by atoms with van der Waals surface area (Å²) in [5.74, 6) is -0.957. The van der Waals surface area contributed by atoms with Gasteiger partial charge in [-0.1, -0.05) is 17.7 Å². The van der Waals surface area contributed by atoms with E-state index in [0.717, 1.165) is 0 Å². The number of nitrogens with zero attached hydrogens (tertiary/aromatic N) is 3. The molecule has 10 heteroatoms. The normalized spacial score (nSPS) is 15.1. The summed E-state index contributed by atoms with van der Waals surface area (Å²) in [6.07, 6.45) is 0. The van der Waals surface area contributed by atoms with Crippen LogP contribution in [0, 0.1) is 15.9 Å². The molecule has 1 saturated heterocycles. The van der Waals surface area contributed by atoms with E-state index in [1.54, 1.807) is 37.2 Å². The van der Waals surface area contributed by atoms with Crippen LogP contribution in [0.25, 0.3) is 0 Å². The fourth-order valence-corrected chi connectivity index (χ4v) is 3.83. The molecule has 1 fully saturated rings. The summed E-state index contributed by atoms with van der Waals surface area (Å²) in [5.41, 5.74) is 0.744. The highest BCUT2D eigenvalue weighted by Gasteiger charge is 2.25. The second-order valence-electron chi connectivity index (χ2n) is 7.38. The van der Waals surface area contributed by atoms with Crippen LogP contribution in [0.2, 0.25) is 5.02 Å². The van der Waals surface area contributed by atoms with Crippen molar-refractivity contribution in [1.82, 2.24) is 10.2 Å². The van der Waals surface area contributed by atoms with E-state index in [-0.39, 0.29) is 28.4 Å². The molecule has 2 aromatic carbocycles. The average molecular weight is 451 g/mol. The number of morpholine rings is 1. The average Bonchev–Trinajstić information content (AvgIpc) is 2.75. The molecule has 1 heterocycles. The lowest BCUT2D eigenvalue weighted by molar-refractivity contribution is -0.384. The Kier molecular flexibility index (Phi) is 7.42. The van der Waals surface area contributed by atoms with Crippen molar-refractivity contribution in [3.63, 3.8) is 0 Å². The number of hydrogen-bond acceptors (Lipinski definition) is 6. The van der Waals surface area contributed by atoms with Crippen LogP contribution in [0.5, 0.6) is 0 Å². The Morgan fingerprint density at radius 2 is 2.03 bits per heavy atom. The van der Waals surface area contributed by atoms with Gasteiger partial charge in [-0.2, -0.15) is 0 Å². The van der Waals surface area contributed by atoms with E-state index in [9.17, 15) is 19.3 Å². The summed E-state index contributed by atoms with van der Waals surface area (Å²) in [5, 5.41) is 14.6. The van der Waals surface area contributed by atoms with Crippen molar-refractivity contribution in [2.45, 2.75) is 6.04 Å². The number of carbonyl (C=O) groups is 1. The fraction of sp³-hybridized carbons (Fsp3) is 0.381. The SMILES string of the molecule is CN(C)C(CNC(=O)c1ccc(N2CCOCC2)c([N+](=O)[O-])c1)c1c(F)cccc1Cl. The van der Waals surface area contributed by atoms with Gasteiger partial charge in [0.1, 0.15) is 11.5 Å².